The minimum Gasteiger partial charge on any atom is -0.497 e. The standard InChI is InChI=1S/C21H25N7O3S/c1-5-27-17(14-7-9-15(31-4)10-8-14)23-24-20(27)32-12-6-11-28-19(29)16-18(22-13-25(16)2)26(3)21(28)30/h7-10,13H,5-6,11-12H2,1-4H3. The highest BCUT2D eigenvalue weighted by molar-refractivity contribution is 7.99. The highest BCUT2D eigenvalue weighted by atomic mass is 32.2. The van der Waals surface area contributed by atoms with E-state index in [1.54, 1.807) is 43.9 Å². The minimum absolute atomic E-state index is 0.313. The summed E-state index contributed by atoms with van der Waals surface area (Å²) in [5.41, 5.74) is 1.12. The lowest BCUT2D eigenvalue weighted by molar-refractivity contribution is 0.415. The Hall–Kier alpha value is -3.34. The van der Waals surface area contributed by atoms with Gasteiger partial charge in [0, 0.05) is 38.5 Å². The molecule has 3 aromatic heterocycles. The molecule has 0 saturated heterocycles. The predicted octanol–water partition coefficient (Wildman–Crippen LogP) is 1.90. The first kappa shape index (κ1) is 21.9. The van der Waals surface area contributed by atoms with Crippen molar-refractivity contribution in [2.75, 3.05) is 12.9 Å². The third-order valence-electron chi connectivity index (χ3n) is 5.34. The molecule has 11 heteroatoms. The van der Waals surface area contributed by atoms with Crippen molar-refractivity contribution in [2.24, 2.45) is 14.1 Å². The van der Waals surface area contributed by atoms with Gasteiger partial charge in [0.1, 0.15) is 5.75 Å². The smallest absolute Gasteiger partial charge is 0.332 e. The van der Waals surface area contributed by atoms with Crippen molar-refractivity contribution in [3.63, 3.8) is 0 Å². The highest BCUT2D eigenvalue weighted by Gasteiger charge is 2.16. The summed E-state index contributed by atoms with van der Waals surface area (Å²) < 4.78 is 11.6. The van der Waals surface area contributed by atoms with Crippen LogP contribution in [0.25, 0.3) is 22.6 Å². The van der Waals surface area contributed by atoms with Gasteiger partial charge in [0.25, 0.3) is 5.56 Å². The number of ether oxygens (including phenoxy) is 1. The van der Waals surface area contributed by atoms with E-state index in [-0.39, 0.29) is 11.2 Å². The van der Waals surface area contributed by atoms with Crippen LogP contribution in [-0.2, 0) is 27.2 Å². The van der Waals surface area contributed by atoms with Crippen LogP contribution < -0.4 is 16.0 Å². The van der Waals surface area contributed by atoms with Crippen LogP contribution in [0.1, 0.15) is 13.3 Å². The summed E-state index contributed by atoms with van der Waals surface area (Å²) in [7, 11) is 5.02. The Labute approximate surface area is 188 Å². The molecule has 4 aromatic rings. The monoisotopic (exact) mass is 455 g/mol. The van der Waals surface area contributed by atoms with Crippen molar-refractivity contribution >= 4 is 22.9 Å². The van der Waals surface area contributed by atoms with E-state index in [9.17, 15) is 9.59 Å². The third-order valence-corrected chi connectivity index (χ3v) is 6.39. The number of benzene rings is 1. The molecule has 3 heterocycles. The van der Waals surface area contributed by atoms with Crippen molar-refractivity contribution in [3.8, 4) is 17.1 Å². The van der Waals surface area contributed by atoms with E-state index >= 15 is 0 Å². The molecule has 0 aliphatic rings. The van der Waals surface area contributed by atoms with Gasteiger partial charge in [0.15, 0.2) is 22.1 Å². The van der Waals surface area contributed by atoms with Crippen LogP contribution in [-0.4, -0.2) is 46.3 Å². The zero-order chi connectivity index (χ0) is 22.8. The summed E-state index contributed by atoms with van der Waals surface area (Å²) in [5.74, 6) is 2.28. The molecule has 0 aliphatic heterocycles. The van der Waals surface area contributed by atoms with E-state index in [1.165, 1.54) is 9.13 Å². The van der Waals surface area contributed by atoms with Crippen LogP contribution in [0.3, 0.4) is 0 Å². The predicted molar refractivity (Wildman–Crippen MR) is 123 cm³/mol. The number of nitrogens with zero attached hydrogens (tertiary/aromatic N) is 7. The molecule has 0 fully saturated rings. The Morgan fingerprint density at radius 3 is 2.50 bits per heavy atom. The van der Waals surface area contributed by atoms with E-state index in [1.807, 2.05) is 31.2 Å². The van der Waals surface area contributed by atoms with Crippen molar-refractivity contribution in [2.45, 2.75) is 31.6 Å². The van der Waals surface area contributed by atoms with Crippen molar-refractivity contribution in [1.82, 2.24) is 33.4 Å². The molecule has 168 valence electrons. The summed E-state index contributed by atoms with van der Waals surface area (Å²) in [4.78, 5) is 29.6. The fourth-order valence-corrected chi connectivity index (χ4v) is 4.54. The summed E-state index contributed by atoms with van der Waals surface area (Å²) in [6.07, 6.45) is 2.18. The van der Waals surface area contributed by atoms with Crippen molar-refractivity contribution < 1.29 is 4.74 Å². The van der Waals surface area contributed by atoms with Crippen molar-refractivity contribution in [3.05, 3.63) is 51.4 Å². The van der Waals surface area contributed by atoms with Gasteiger partial charge in [-0.15, -0.1) is 10.2 Å². The second kappa shape index (κ2) is 9.03. The van der Waals surface area contributed by atoms with Gasteiger partial charge in [-0.1, -0.05) is 11.8 Å². The van der Waals surface area contributed by atoms with E-state index in [0.717, 1.165) is 28.8 Å². The fourth-order valence-electron chi connectivity index (χ4n) is 3.61. The minimum atomic E-state index is -0.357. The van der Waals surface area contributed by atoms with Crippen LogP contribution in [0.2, 0.25) is 0 Å². The molecule has 10 nitrogen and oxygen atoms in total. The average Bonchev–Trinajstić information content (AvgIpc) is 3.40. The number of rotatable bonds is 8. The average molecular weight is 456 g/mol. The molecule has 0 spiro atoms. The second-order valence-electron chi connectivity index (χ2n) is 7.31. The van der Waals surface area contributed by atoms with E-state index in [4.69, 9.17) is 4.74 Å². The molecular weight excluding hydrogens is 430 g/mol. The first-order chi connectivity index (χ1) is 15.5. The van der Waals surface area contributed by atoms with Gasteiger partial charge in [-0.05, 0) is 37.6 Å². The Kier molecular flexibility index (Phi) is 6.17. The Morgan fingerprint density at radius 2 is 1.81 bits per heavy atom. The molecule has 0 atom stereocenters. The lowest BCUT2D eigenvalue weighted by atomic mass is 10.2. The van der Waals surface area contributed by atoms with Crippen LogP contribution in [0.15, 0.2) is 45.3 Å². The van der Waals surface area contributed by atoms with E-state index < -0.39 is 0 Å². The number of aryl methyl sites for hydroxylation is 2. The topological polar surface area (TPSA) is 102 Å². The fraction of sp³-hybridized carbons (Fsp3) is 0.381. The highest BCUT2D eigenvalue weighted by Crippen LogP contribution is 2.25. The number of methoxy groups -OCH3 is 1. The van der Waals surface area contributed by atoms with Crippen LogP contribution in [0.5, 0.6) is 5.75 Å². The lowest BCUT2D eigenvalue weighted by Gasteiger charge is -2.09. The third kappa shape index (κ3) is 3.83. The van der Waals surface area contributed by atoms with Gasteiger partial charge < -0.3 is 13.9 Å². The number of aromatic nitrogens is 7. The largest absolute Gasteiger partial charge is 0.497 e. The molecule has 0 saturated carbocycles. The van der Waals surface area contributed by atoms with Crippen molar-refractivity contribution in [1.29, 1.82) is 0 Å². The van der Waals surface area contributed by atoms with Crippen LogP contribution in [0.4, 0.5) is 0 Å². The normalized spacial score (nSPS) is 11.4. The molecule has 0 aliphatic carbocycles. The maximum absolute atomic E-state index is 12.8. The number of hydrogen-bond donors (Lipinski definition) is 0. The molecule has 0 radical (unpaired) electrons. The molecule has 0 bridgehead atoms. The lowest BCUT2D eigenvalue weighted by Crippen LogP contribution is -2.39. The molecule has 0 N–H and O–H groups in total. The molecule has 0 unspecified atom stereocenters. The number of thioether (sulfide) groups is 1. The first-order valence-electron chi connectivity index (χ1n) is 10.3. The zero-order valence-electron chi connectivity index (χ0n) is 18.5. The molecule has 0 amide bonds. The second-order valence-corrected chi connectivity index (χ2v) is 8.37. The molecule has 4 rings (SSSR count). The maximum Gasteiger partial charge on any atom is 0.332 e. The summed E-state index contributed by atoms with van der Waals surface area (Å²) >= 11 is 1.56. The Balaban J connectivity index is 1.48. The van der Waals surface area contributed by atoms with Gasteiger partial charge >= 0.3 is 5.69 Å². The number of fused-ring (bicyclic) bond motifs is 1. The molecule has 32 heavy (non-hydrogen) atoms. The van der Waals surface area contributed by atoms with Gasteiger partial charge in [-0.2, -0.15) is 0 Å². The number of hydrogen-bond acceptors (Lipinski definition) is 7. The van der Waals surface area contributed by atoms with Crippen LogP contribution >= 0.6 is 11.8 Å². The first-order valence-corrected chi connectivity index (χ1v) is 11.3. The van der Waals surface area contributed by atoms with E-state index in [0.29, 0.717) is 29.9 Å². The molecular formula is C21H25N7O3S. The molecule has 1 aromatic carbocycles. The summed E-state index contributed by atoms with van der Waals surface area (Å²) in [5, 5.41) is 9.51. The van der Waals surface area contributed by atoms with Gasteiger partial charge in [0.2, 0.25) is 0 Å². The summed E-state index contributed by atoms with van der Waals surface area (Å²) in [6, 6.07) is 7.71. The van der Waals surface area contributed by atoms with Gasteiger partial charge in [-0.3, -0.25) is 13.9 Å². The SMILES string of the molecule is CCn1c(SCCCn2c(=O)c3c(ncn3C)n(C)c2=O)nnc1-c1ccc(OC)cc1. The maximum atomic E-state index is 12.8. The van der Waals surface area contributed by atoms with E-state index in [2.05, 4.69) is 19.7 Å². The van der Waals surface area contributed by atoms with Gasteiger partial charge in [0.05, 0.1) is 13.4 Å². The Bertz CT molecular complexity index is 1370. The number of imidazole rings is 1. The van der Waals surface area contributed by atoms with Gasteiger partial charge in [-0.25, -0.2) is 9.78 Å². The summed E-state index contributed by atoms with van der Waals surface area (Å²) in [6.45, 7) is 3.10. The Morgan fingerprint density at radius 1 is 1.06 bits per heavy atom. The quantitative estimate of drug-likeness (QED) is 0.295. The zero-order valence-corrected chi connectivity index (χ0v) is 19.3. The van der Waals surface area contributed by atoms with Crippen LogP contribution in [0, 0.1) is 0 Å².